The van der Waals surface area contributed by atoms with E-state index in [-0.39, 0.29) is 34.3 Å². The van der Waals surface area contributed by atoms with E-state index in [2.05, 4.69) is 11.9 Å². The van der Waals surface area contributed by atoms with Crippen molar-refractivity contribution in [3.8, 4) is 0 Å². The smallest absolute Gasteiger partial charge is 0.286 e. The van der Waals surface area contributed by atoms with Crippen LogP contribution in [0.4, 0.5) is 4.79 Å². The molecule has 8 heteroatoms. The van der Waals surface area contributed by atoms with E-state index >= 15 is 0 Å². The summed E-state index contributed by atoms with van der Waals surface area (Å²) < 4.78 is 5.79. The summed E-state index contributed by atoms with van der Waals surface area (Å²) in [5, 5.41) is 1.59. The highest BCUT2D eigenvalue weighted by Crippen LogP contribution is 2.32. The summed E-state index contributed by atoms with van der Waals surface area (Å²) in [6.45, 7) is 6.60. The van der Waals surface area contributed by atoms with E-state index in [1.165, 1.54) is 0 Å². The summed E-state index contributed by atoms with van der Waals surface area (Å²) in [6.07, 6.45) is 12.3. The lowest BCUT2D eigenvalue weighted by Crippen LogP contribution is -2.50. The van der Waals surface area contributed by atoms with Crippen molar-refractivity contribution < 1.29 is 19.1 Å². The Hall–Kier alpha value is -2.35. The van der Waals surface area contributed by atoms with Gasteiger partial charge in [-0.15, -0.1) is 0 Å². The highest BCUT2D eigenvalue weighted by molar-refractivity contribution is 8.15. The molecule has 1 saturated carbocycles. The third kappa shape index (κ3) is 5.41. The molecule has 1 aliphatic carbocycles. The van der Waals surface area contributed by atoms with Gasteiger partial charge in [0.15, 0.2) is 0 Å². The number of hydrogen-bond donors (Lipinski definition) is 1. The van der Waals surface area contributed by atoms with Crippen LogP contribution in [-0.2, 0) is 14.3 Å². The van der Waals surface area contributed by atoms with E-state index in [1.54, 1.807) is 23.1 Å². The molecule has 7 nitrogen and oxygen atoms in total. The van der Waals surface area contributed by atoms with Gasteiger partial charge in [0, 0.05) is 6.42 Å². The number of amides is 3. The molecule has 0 aromatic heterocycles. The van der Waals surface area contributed by atoms with Gasteiger partial charge in [-0.3, -0.25) is 29.6 Å². The van der Waals surface area contributed by atoms with Crippen molar-refractivity contribution in [2.75, 3.05) is 13.2 Å². The average molecular weight is 432 g/mol. The van der Waals surface area contributed by atoms with Crippen LogP contribution in [-0.4, -0.2) is 52.2 Å². The van der Waals surface area contributed by atoms with Crippen LogP contribution in [0.3, 0.4) is 0 Å². The zero-order chi connectivity index (χ0) is 21.5. The zero-order valence-electron chi connectivity index (χ0n) is 17.3. The van der Waals surface area contributed by atoms with Gasteiger partial charge in [-0.25, -0.2) is 0 Å². The molecule has 0 aromatic carbocycles. The quantitative estimate of drug-likeness (QED) is 0.445. The molecule has 2 heterocycles. The van der Waals surface area contributed by atoms with Gasteiger partial charge in [0.25, 0.3) is 5.24 Å². The van der Waals surface area contributed by atoms with Crippen molar-refractivity contribution in [2.45, 2.75) is 56.7 Å². The lowest BCUT2D eigenvalue weighted by molar-refractivity contribution is -0.134. The molecule has 1 saturated heterocycles. The molecule has 3 rings (SSSR count). The van der Waals surface area contributed by atoms with Gasteiger partial charge in [0.1, 0.15) is 18.2 Å². The highest BCUT2D eigenvalue weighted by Gasteiger charge is 2.38. The van der Waals surface area contributed by atoms with Crippen LogP contribution in [0.2, 0.25) is 0 Å². The molecule has 162 valence electrons. The predicted octanol–water partition coefficient (Wildman–Crippen LogP) is 3.58. The fourth-order valence-electron chi connectivity index (χ4n) is 4.01. The van der Waals surface area contributed by atoms with E-state index in [9.17, 15) is 14.4 Å². The number of nitrogens with zero attached hydrogens (tertiary/aromatic N) is 2. The zero-order valence-corrected chi connectivity index (χ0v) is 18.2. The Bertz CT molecular complexity index is 789. The molecule has 3 unspecified atom stereocenters. The number of ether oxygens (including phenoxy) is 1. The van der Waals surface area contributed by atoms with Crippen molar-refractivity contribution in [3.05, 3.63) is 36.6 Å². The van der Waals surface area contributed by atoms with E-state index in [0.29, 0.717) is 25.3 Å². The Morgan fingerprint density at radius 3 is 2.83 bits per heavy atom. The number of carbonyl (C=O) groups excluding carboxylic acids is 3. The van der Waals surface area contributed by atoms with Crippen LogP contribution in [0.5, 0.6) is 0 Å². The van der Waals surface area contributed by atoms with E-state index in [0.717, 1.165) is 49.7 Å². The third-order valence-electron chi connectivity index (χ3n) is 5.55. The number of imide groups is 1. The molecule has 2 aliphatic heterocycles. The third-order valence-corrected chi connectivity index (χ3v) is 6.56. The first-order chi connectivity index (χ1) is 14.5. The van der Waals surface area contributed by atoms with Crippen molar-refractivity contribution in [1.82, 2.24) is 10.2 Å². The van der Waals surface area contributed by atoms with Crippen molar-refractivity contribution in [3.63, 3.8) is 0 Å². The number of rotatable bonds is 9. The second-order valence-electron chi connectivity index (χ2n) is 7.52. The van der Waals surface area contributed by atoms with Gasteiger partial charge in [0.05, 0.1) is 23.8 Å². The van der Waals surface area contributed by atoms with Crippen LogP contribution < -0.4 is 5.32 Å². The minimum absolute atomic E-state index is 0.0175. The fourth-order valence-corrected chi connectivity index (χ4v) is 4.80. The minimum atomic E-state index is -0.379. The minimum Gasteiger partial charge on any atom is -0.492 e. The number of thioether (sulfide) groups is 1. The number of fused-ring (bicyclic) bond motifs is 1. The number of amidine groups is 1. The molecule has 0 radical (unpaired) electrons. The second-order valence-corrected chi connectivity index (χ2v) is 8.69. The Kier molecular flexibility index (Phi) is 7.90. The SMILES string of the molecule is C=C/C(=C\C=C\CC1SC(=O)NC1=O)OCCN1C(=O)C2CCCCC2N=C1CC. The maximum Gasteiger partial charge on any atom is 0.286 e. The average Bonchev–Trinajstić information content (AvgIpc) is 3.07. The van der Waals surface area contributed by atoms with Gasteiger partial charge >= 0.3 is 0 Å². The normalized spacial score (nSPS) is 27.2. The van der Waals surface area contributed by atoms with Crippen LogP contribution in [0, 0.1) is 5.92 Å². The van der Waals surface area contributed by atoms with Gasteiger partial charge in [-0.1, -0.05) is 50.3 Å². The largest absolute Gasteiger partial charge is 0.492 e. The Morgan fingerprint density at radius 2 is 2.13 bits per heavy atom. The van der Waals surface area contributed by atoms with Crippen LogP contribution in [0.1, 0.15) is 45.4 Å². The first-order valence-corrected chi connectivity index (χ1v) is 11.4. The topological polar surface area (TPSA) is 88.1 Å². The standard InChI is InChI=1S/C22H29N3O4S/c1-3-15(9-5-8-12-18-20(26)24-22(28)30-18)29-14-13-25-19(4-2)23-17-11-7-6-10-16(17)21(25)27/h3,5,8-9,16-18H,1,4,6-7,10-14H2,2H3,(H,24,26,28)/b8-5+,15-9+. The molecule has 1 N–H and O–H groups in total. The van der Waals surface area contributed by atoms with E-state index < -0.39 is 0 Å². The molecule has 2 fully saturated rings. The van der Waals surface area contributed by atoms with Crippen molar-refractivity contribution >= 4 is 34.7 Å². The van der Waals surface area contributed by atoms with Gasteiger partial charge in [-0.2, -0.15) is 0 Å². The fraction of sp³-hybridized carbons (Fsp3) is 0.545. The molecule has 3 aliphatic rings. The lowest BCUT2D eigenvalue weighted by Gasteiger charge is -2.38. The molecule has 0 spiro atoms. The second kappa shape index (κ2) is 10.6. The number of carbonyl (C=O) groups is 3. The molecule has 30 heavy (non-hydrogen) atoms. The maximum absolute atomic E-state index is 12.9. The summed E-state index contributed by atoms with van der Waals surface area (Å²) in [7, 11) is 0. The van der Waals surface area contributed by atoms with E-state index in [1.807, 2.05) is 13.0 Å². The van der Waals surface area contributed by atoms with Crippen LogP contribution >= 0.6 is 11.8 Å². The van der Waals surface area contributed by atoms with Gasteiger partial charge in [0.2, 0.25) is 11.8 Å². The molecular formula is C22H29N3O4S. The summed E-state index contributed by atoms with van der Waals surface area (Å²) >= 11 is 1.01. The first-order valence-electron chi connectivity index (χ1n) is 10.5. The molecule has 3 amide bonds. The number of allylic oxidation sites excluding steroid dienone is 4. The maximum atomic E-state index is 12.9. The van der Waals surface area contributed by atoms with Gasteiger partial charge in [-0.05, 0) is 31.4 Å². The molecular weight excluding hydrogens is 402 g/mol. The first kappa shape index (κ1) is 22.3. The van der Waals surface area contributed by atoms with Crippen LogP contribution in [0.15, 0.2) is 41.6 Å². The Labute approximate surface area is 181 Å². The monoisotopic (exact) mass is 431 g/mol. The van der Waals surface area contributed by atoms with E-state index in [4.69, 9.17) is 9.73 Å². The molecule has 3 atom stereocenters. The number of aliphatic imine (C=N–C) groups is 1. The van der Waals surface area contributed by atoms with Crippen molar-refractivity contribution in [1.29, 1.82) is 0 Å². The Morgan fingerprint density at radius 1 is 1.33 bits per heavy atom. The summed E-state index contributed by atoms with van der Waals surface area (Å²) in [5.74, 6) is 1.39. The lowest BCUT2D eigenvalue weighted by atomic mass is 9.82. The molecule has 0 bridgehead atoms. The summed E-state index contributed by atoms with van der Waals surface area (Å²) in [5.41, 5.74) is 0. The van der Waals surface area contributed by atoms with Crippen LogP contribution in [0.25, 0.3) is 0 Å². The number of nitrogens with one attached hydrogen (secondary N) is 1. The molecule has 0 aromatic rings. The number of hydrogen-bond acceptors (Lipinski definition) is 6. The Balaban J connectivity index is 1.50. The predicted molar refractivity (Wildman–Crippen MR) is 118 cm³/mol. The highest BCUT2D eigenvalue weighted by atomic mass is 32.2. The van der Waals surface area contributed by atoms with Gasteiger partial charge < -0.3 is 4.74 Å². The van der Waals surface area contributed by atoms with Crippen molar-refractivity contribution in [2.24, 2.45) is 10.9 Å². The summed E-state index contributed by atoms with van der Waals surface area (Å²) in [4.78, 5) is 42.3. The summed E-state index contributed by atoms with van der Waals surface area (Å²) in [6, 6.07) is 0.155.